The van der Waals surface area contributed by atoms with E-state index in [1.54, 1.807) is 0 Å². The van der Waals surface area contributed by atoms with Gasteiger partial charge in [-0.25, -0.2) is 14.8 Å². The maximum atomic E-state index is 12.4. The van der Waals surface area contributed by atoms with Gasteiger partial charge in [-0.2, -0.15) is 5.10 Å². The van der Waals surface area contributed by atoms with Crippen LogP contribution in [0.3, 0.4) is 0 Å². The van der Waals surface area contributed by atoms with E-state index in [1.165, 1.54) is 18.1 Å². The van der Waals surface area contributed by atoms with Crippen LogP contribution in [0, 0.1) is 6.57 Å². The molecule has 0 aliphatic heterocycles. The topological polar surface area (TPSA) is 91.7 Å². The molecule has 7 nitrogen and oxygen atoms in total. The van der Waals surface area contributed by atoms with Gasteiger partial charge < -0.3 is 4.98 Å². The quantitative estimate of drug-likeness (QED) is 0.290. The zero-order valence-electron chi connectivity index (χ0n) is 15.3. The highest BCUT2D eigenvalue weighted by Crippen LogP contribution is 2.24. The Kier molecular flexibility index (Phi) is 5.49. The van der Waals surface area contributed by atoms with Gasteiger partial charge in [-0.15, -0.1) is 0 Å². The second kappa shape index (κ2) is 8.54. The summed E-state index contributed by atoms with van der Waals surface area (Å²) in [4.78, 5) is 27.2. The lowest BCUT2D eigenvalue weighted by Crippen LogP contribution is -2.11. The SMILES string of the molecule is [C-]#[N+]c1c(Cc2ccccc2)nc(SCc2cccc(-c3ncn[nH]3)c2)[nH]c1=O. The Bertz CT molecular complexity index is 1210. The minimum atomic E-state index is -0.404. The summed E-state index contributed by atoms with van der Waals surface area (Å²) in [7, 11) is 0. The minimum absolute atomic E-state index is 0.0468. The van der Waals surface area contributed by atoms with Crippen LogP contribution >= 0.6 is 11.8 Å². The molecule has 0 atom stereocenters. The van der Waals surface area contributed by atoms with Gasteiger partial charge in [-0.05, 0) is 17.2 Å². The molecule has 2 N–H and O–H groups in total. The van der Waals surface area contributed by atoms with Crippen molar-refractivity contribution in [2.24, 2.45) is 0 Å². The summed E-state index contributed by atoms with van der Waals surface area (Å²) in [6.07, 6.45) is 1.91. The molecule has 0 fully saturated rings. The predicted molar refractivity (Wildman–Crippen MR) is 112 cm³/mol. The molecular formula is C21H16N6OS. The van der Waals surface area contributed by atoms with Crippen LogP contribution < -0.4 is 5.56 Å². The first-order valence-electron chi connectivity index (χ1n) is 8.85. The average molecular weight is 400 g/mol. The standard InChI is InChI=1S/C21H16N6OS/c1-22-18-17(11-14-6-3-2-4-7-14)25-21(26-20(18)28)29-12-15-8-5-9-16(10-15)19-23-13-24-27-19/h2-10,13H,11-12H2,(H,23,24,27)(H,25,26,28). The third kappa shape index (κ3) is 4.42. The molecule has 8 heteroatoms. The highest BCUT2D eigenvalue weighted by atomic mass is 32.2. The molecular weight excluding hydrogens is 384 g/mol. The molecule has 4 rings (SSSR count). The molecule has 0 amide bonds. The van der Waals surface area contributed by atoms with Crippen molar-refractivity contribution in [2.45, 2.75) is 17.3 Å². The average Bonchev–Trinajstić information content (AvgIpc) is 3.28. The van der Waals surface area contributed by atoms with Gasteiger partial charge >= 0.3 is 0 Å². The molecule has 2 heterocycles. The first kappa shape index (κ1) is 18.7. The molecule has 0 spiro atoms. The minimum Gasteiger partial charge on any atom is -0.311 e. The zero-order valence-corrected chi connectivity index (χ0v) is 16.1. The molecule has 0 saturated heterocycles. The number of hydrogen-bond acceptors (Lipinski definition) is 5. The Balaban J connectivity index is 1.56. The van der Waals surface area contributed by atoms with Crippen LogP contribution in [0.5, 0.6) is 0 Å². The fourth-order valence-corrected chi connectivity index (χ4v) is 3.71. The van der Waals surface area contributed by atoms with E-state index in [1.807, 2.05) is 54.6 Å². The van der Waals surface area contributed by atoms with Gasteiger partial charge in [-0.3, -0.25) is 9.89 Å². The second-order valence-electron chi connectivity index (χ2n) is 6.26. The number of nitrogens with one attached hydrogen (secondary N) is 2. The summed E-state index contributed by atoms with van der Waals surface area (Å²) in [5, 5.41) is 7.22. The molecule has 4 aromatic rings. The number of thioether (sulfide) groups is 1. The van der Waals surface area contributed by atoms with Crippen LogP contribution in [0.15, 0.2) is 70.9 Å². The maximum Gasteiger partial charge on any atom is 0.271 e. The van der Waals surface area contributed by atoms with E-state index in [9.17, 15) is 4.79 Å². The van der Waals surface area contributed by atoms with Crippen molar-refractivity contribution < 1.29 is 0 Å². The summed E-state index contributed by atoms with van der Waals surface area (Å²) in [6.45, 7) is 7.33. The van der Waals surface area contributed by atoms with Gasteiger partial charge in [-0.1, -0.05) is 60.3 Å². The van der Waals surface area contributed by atoms with Crippen LogP contribution in [0.25, 0.3) is 16.2 Å². The summed E-state index contributed by atoms with van der Waals surface area (Å²) in [5.74, 6) is 1.32. The Morgan fingerprint density at radius 2 is 1.90 bits per heavy atom. The van der Waals surface area contributed by atoms with Crippen LogP contribution in [0.1, 0.15) is 16.8 Å². The highest BCUT2D eigenvalue weighted by molar-refractivity contribution is 7.98. The predicted octanol–water partition coefficient (Wildman–Crippen LogP) is 3.99. The molecule has 2 aromatic carbocycles. The Labute approximate surface area is 171 Å². The highest BCUT2D eigenvalue weighted by Gasteiger charge is 2.13. The van der Waals surface area contributed by atoms with Crippen molar-refractivity contribution in [3.63, 3.8) is 0 Å². The van der Waals surface area contributed by atoms with Crippen LogP contribution in [0.2, 0.25) is 0 Å². The van der Waals surface area contributed by atoms with Gasteiger partial charge in [0.15, 0.2) is 11.0 Å². The molecule has 0 bridgehead atoms. The number of aromatic amines is 2. The Morgan fingerprint density at radius 3 is 2.66 bits per heavy atom. The van der Waals surface area contributed by atoms with Crippen molar-refractivity contribution in [1.82, 2.24) is 25.1 Å². The molecule has 2 aromatic heterocycles. The van der Waals surface area contributed by atoms with Gasteiger partial charge in [0, 0.05) is 17.7 Å². The number of aromatic nitrogens is 5. The van der Waals surface area contributed by atoms with E-state index in [0.29, 0.717) is 28.8 Å². The zero-order chi connectivity index (χ0) is 20.1. The molecule has 0 aliphatic rings. The summed E-state index contributed by atoms with van der Waals surface area (Å²) < 4.78 is 0. The van der Waals surface area contributed by atoms with Crippen molar-refractivity contribution in [1.29, 1.82) is 0 Å². The first-order valence-corrected chi connectivity index (χ1v) is 9.83. The Hall–Kier alpha value is -3.70. The van der Waals surface area contributed by atoms with E-state index < -0.39 is 5.56 Å². The lowest BCUT2D eigenvalue weighted by molar-refractivity contribution is 0.888. The molecule has 0 aliphatic carbocycles. The van der Waals surface area contributed by atoms with Gasteiger partial charge in [0.05, 0.1) is 12.3 Å². The fourth-order valence-electron chi connectivity index (χ4n) is 2.89. The van der Waals surface area contributed by atoms with E-state index in [4.69, 9.17) is 6.57 Å². The molecule has 0 radical (unpaired) electrons. The molecule has 142 valence electrons. The number of hydrogen-bond donors (Lipinski definition) is 2. The van der Waals surface area contributed by atoms with Crippen LogP contribution in [-0.2, 0) is 12.2 Å². The maximum absolute atomic E-state index is 12.4. The lowest BCUT2D eigenvalue weighted by atomic mass is 10.1. The summed E-state index contributed by atoms with van der Waals surface area (Å²) in [6, 6.07) is 17.6. The largest absolute Gasteiger partial charge is 0.311 e. The number of rotatable bonds is 6. The fraction of sp³-hybridized carbons (Fsp3) is 0.0952. The summed E-state index contributed by atoms with van der Waals surface area (Å²) >= 11 is 1.42. The number of benzene rings is 2. The Morgan fingerprint density at radius 1 is 1.07 bits per heavy atom. The van der Waals surface area contributed by atoms with Gasteiger partial charge in [0.1, 0.15) is 6.33 Å². The van der Waals surface area contributed by atoms with Crippen molar-refractivity contribution in [3.05, 3.63) is 99.5 Å². The monoisotopic (exact) mass is 400 g/mol. The third-order valence-electron chi connectivity index (χ3n) is 4.26. The summed E-state index contributed by atoms with van der Waals surface area (Å²) in [5.41, 5.74) is 3.14. The molecule has 0 saturated carbocycles. The van der Waals surface area contributed by atoms with Crippen molar-refractivity contribution in [3.8, 4) is 11.4 Å². The van der Waals surface area contributed by atoms with Gasteiger partial charge in [0.25, 0.3) is 11.2 Å². The number of nitrogens with zero attached hydrogens (tertiary/aromatic N) is 4. The van der Waals surface area contributed by atoms with E-state index in [0.717, 1.165) is 16.7 Å². The lowest BCUT2D eigenvalue weighted by Gasteiger charge is -2.07. The van der Waals surface area contributed by atoms with E-state index in [-0.39, 0.29) is 5.69 Å². The van der Waals surface area contributed by atoms with Crippen molar-refractivity contribution >= 4 is 17.4 Å². The van der Waals surface area contributed by atoms with E-state index in [2.05, 4.69) is 30.0 Å². The number of H-pyrrole nitrogens is 2. The van der Waals surface area contributed by atoms with Crippen LogP contribution in [0.4, 0.5) is 5.69 Å². The molecule has 0 unspecified atom stereocenters. The smallest absolute Gasteiger partial charge is 0.271 e. The van der Waals surface area contributed by atoms with E-state index >= 15 is 0 Å². The first-order chi connectivity index (χ1) is 14.2. The van der Waals surface area contributed by atoms with Crippen molar-refractivity contribution in [2.75, 3.05) is 0 Å². The van der Waals surface area contributed by atoms with Crippen LogP contribution in [-0.4, -0.2) is 25.1 Å². The second-order valence-corrected chi connectivity index (χ2v) is 7.23. The third-order valence-corrected chi connectivity index (χ3v) is 5.21. The normalized spacial score (nSPS) is 10.6. The van der Waals surface area contributed by atoms with Gasteiger partial charge in [0.2, 0.25) is 0 Å². The molecule has 29 heavy (non-hydrogen) atoms.